The molecule has 2 aliphatic heterocycles. The van der Waals surface area contributed by atoms with Gasteiger partial charge in [0.2, 0.25) is 0 Å². The Balaban J connectivity index is 1.52. The highest BCUT2D eigenvalue weighted by Gasteiger charge is 2.34. The van der Waals surface area contributed by atoms with Crippen molar-refractivity contribution in [1.29, 1.82) is 0 Å². The number of halogens is 3. The molecule has 1 aromatic carbocycles. The highest BCUT2D eigenvalue weighted by Crippen LogP contribution is 2.21. The lowest BCUT2D eigenvalue weighted by Gasteiger charge is -2.28. The van der Waals surface area contributed by atoms with Gasteiger partial charge in [0.1, 0.15) is 0 Å². The molecule has 29 heavy (non-hydrogen) atoms. The number of guanidine groups is 1. The van der Waals surface area contributed by atoms with Gasteiger partial charge in [0.15, 0.2) is 5.96 Å². The predicted molar refractivity (Wildman–Crippen MR) is 115 cm³/mol. The molecule has 1 aromatic rings. The Labute approximate surface area is 175 Å². The van der Waals surface area contributed by atoms with Crippen LogP contribution in [0.15, 0.2) is 29.3 Å². The second-order valence-corrected chi connectivity index (χ2v) is 8.67. The molecular weight excluding hydrogens is 399 g/mol. The van der Waals surface area contributed by atoms with Gasteiger partial charge in [-0.1, -0.05) is 12.1 Å². The minimum atomic E-state index is -4.15. The van der Waals surface area contributed by atoms with Crippen LogP contribution in [-0.4, -0.2) is 73.9 Å². The number of anilines is 1. The third-order valence-corrected chi connectivity index (χ3v) is 6.04. The largest absolute Gasteiger partial charge is 0.401 e. The summed E-state index contributed by atoms with van der Waals surface area (Å²) in [5, 5.41) is 6.48. The third kappa shape index (κ3) is 7.29. The molecule has 162 valence electrons. The molecule has 1 unspecified atom stereocenters. The van der Waals surface area contributed by atoms with Gasteiger partial charge in [-0.3, -0.25) is 4.90 Å². The van der Waals surface area contributed by atoms with Crippen LogP contribution < -0.4 is 15.5 Å². The van der Waals surface area contributed by atoms with Gasteiger partial charge in [-0.15, -0.1) is 0 Å². The Morgan fingerprint density at radius 3 is 2.55 bits per heavy atom. The van der Waals surface area contributed by atoms with Crippen LogP contribution in [-0.2, 0) is 6.54 Å². The van der Waals surface area contributed by atoms with E-state index in [9.17, 15) is 13.2 Å². The van der Waals surface area contributed by atoms with Gasteiger partial charge in [-0.25, -0.2) is 4.99 Å². The van der Waals surface area contributed by atoms with E-state index in [-0.39, 0.29) is 6.04 Å². The zero-order chi connectivity index (χ0) is 20.7. The van der Waals surface area contributed by atoms with Gasteiger partial charge in [0.05, 0.1) is 13.1 Å². The molecule has 0 bridgehead atoms. The van der Waals surface area contributed by atoms with Crippen LogP contribution in [0.3, 0.4) is 0 Å². The zero-order valence-corrected chi connectivity index (χ0v) is 17.7. The second-order valence-electron chi connectivity index (χ2n) is 7.44. The lowest BCUT2D eigenvalue weighted by atomic mass is 10.2. The molecule has 0 aromatic heterocycles. The number of rotatable bonds is 6. The Hall–Kier alpha value is -1.61. The number of nitrogens with zero attached hydrogens (tertiary/aromatic N) is 3. The number of aliphatic imine (C=N–C) groups is 1. The normalized spacial score (nSPS) is 21.4. The van der Waals surface area contributed by atoms with Crippen molar-refractivity contribution in [3.63, 3.8) is 0 Å². The molecule has 0 saturated carbocycles. The summed E-state index contributed by atoms with van der Waals surface area (Å²) in [6.45, 7) is 5.38. The summed E-state index contributed by atoms with van der Waals surface area (Å²) in [5.74, 6) is 3.00. The first-order valence-corrected chi connectivity index (χ1v) is 11.3. The van der Waals surface area contributed by atoms with Crippen molar-refractivity contribution >= 4 is 23.4 Å². The number of alkyl halides is 3. The van der Waals surface area contributed by atoms with E-state index in [0.717, 1.165) is 18.7 Å². The van der Waals surface area contributed by atoms with Crippen molar-refractivity contribution < 1.29 is 13.2 Å². The fourth-order valence-electron chi connectivity index (χ4n) is 3.67. The summed E-state index contributed by atoms with van der Waals surface area (Å²) >= 11 is 2.00. The van der Waals surface area contributed by atoms with E-state index < -0.39 is 12.7 Å². The first-order valence-electron chi connectivity index (χ1n) is 10.2. The van der Waals surface area contributed by atoms with Gasteiger partial charge in [0, 0.05) is 56.0 Å². The molecule has 5 nitrogen and oxygen atoms in total. The number of hydrogen-bond donors (Lipinski definition) is 2. The predicted octanol–water partition coefficient (Wildman–Crippen LogP) is 2.93. The molecule has 0 amide bonds. The van der Waals surface area contributed by atoms with Crippen molar-refractivity contribution in [2.75, 3.05) is 55.7 Å². The molecule has 2 heterocycles. The van der Waals surface area contributed by atoms with Crippen LogP contribution in [0.5, 0.6) is 0 Å². The standard InChI is InChI=1S/C20H30F3N5S/c1-2-24-19(26-17-7-8-27(14-17)15-20(21,22)23)25-13-16-3-5-18(6-4-16)28-9-11-29-12-10-28/h3-6,17H,2,7-15H2,1H3,(H2,24,25,26). The lowest BCUT2D eigenvalue weighted by molar-refractivity contribution is -0.143. The first-order chi connectivity index (χ1) is 13.9. The van der Waals surface area contributed by atoms with Crippen molar-refractivity contribution in [3.8, 4) is 0 Å². The highest BCUT2D eigenvalue weighted by molar-refractivity contribution is 7.99. The average molecular weight is 430 g/mol. The molecule has 2 aliphatic rings. The maximum atomic E-state index is 12.6. The van der Waals surface area contributed by atoms with Crippen molar-refractivity contribution in [2.24, 2.45) is 4.99 Å². The maximum Gasteiger partial charge on any atom is 0.401 e. The van der Waals surface area contributed by atoms with E-state index in [1.54, 1.807) is 0 Å². The Morgan fingerprint density at radius 2 is 1.90 bits per heavy atom. The van der Waals surface area contributed by atoms with Crippen LogP contribution in [0, 0.1) is 0 Å². The molecule has 3 rings (SSSR count). The molecule has 1 atom stereocenters. The molecule has 0 aliphatic carbocycles. The number of likely N-dealkylation sites (tertiary alicyclic amines) is 1. The highest BCUT2D eigenvalue weighted by atomic mass is 32.2. The number of nitrogens with one attached hydrogen (secondary N) is 2. The Kier molecular flexibility index (Phi) is 7.94. The minimum absolute atomic E-state index is 0.0190. The van der Waals surface area contributed by atoms with Crippen molar-refractivity contribution in [1.82, 2.24) is 15.5 Å². The minimum Gasteiger partial charge on any atom is -0.370 e. The molecule has 0 radical (unpaired) electrons. The SMILES string of the molecule is CCNC(=NCc1ccc(N2CCSCC2)cc1)NC1CCN(CC(F)(F)F)C1. The molecule has 2 saturated heterocycles. The Morgan fingerprint density at radius 1 is 1.17 bits per heavy atom. The van der Waals surface area contributed by atoms with E-state index in [1.807, 2.05) is 18.7 Å². The summed E-state index contributed by atoms with van der Waals surface area (Å²) < 4.78 is 37.7. The summed E-state index contributed by atoms with van der Waals surface area (Å²) in [6.07, 6.45) is -3.46. The topological polar surface area (TPSA) is 42.9 Å². The van der Waals surface area contributed by atoms with Crippen LogP contribution in [0.2, 0.25) is 0 Å². The summed E-state index contributed by atoms with van der Waals surface area (Å²) in [6, 6.07) is 8.48. The fourth-order valence-corrected chi connectivity index (χ4v) is 4.57. The van der Waals surface area contributed by atoms with E-state index in [4.69, 9.17) is 0 Å². The summed E-state index contributed by atoms with van der Waals surface area (Å²) in [7, 11) is 0. The van der Waals surface area contributed by atoms with E-state index >= 15 is 0 Å². The molecule has 0 spiro atoms. The monoisotopic (exact) mass is 429 g/mol. The van der Waals surface area contributed by atoms with E-state index in [2.05, 4.69) is 44.8 Å². The van der Waals surface area contributed by atoms with E-state index in [1.165, 1.54) is 22.1 Å². The smallest absolute Gasteiger partial charge is 0.370 e. The van der Waals surface area contributed by atoms with Crippen molar-refractivity contribution in [3.05, 3.63) is 29.8 Å². The van der Waals surface area contributed by atoms with Gasteiger partial charge >= 0.3 is 6.18 Å². The molecular formula is C20H30F3N5S. The van der Waals surface area contributed by atoms with Crippen LogP contribution in [0.1, 0.15) is 18.9 Å². The van der Waals surface area contributed by atoms with Crippen molar-refractivity contribution in [2.45, 2.75) is 32.1 Å². The zero-order valence-electron chi connectivity index (χ0n) is 16.8. The first kappa shape index (κ1) is 22.1. The number of hydrogen-bond acceptors (Lipinski definition) is 4. The Bertz CT molecular complexity index is 659. The number of benzene rings is 1. The quantitative estimate of drug-likeness (QED) is 0.538. The summed E-state index contributed by atoms with van der Waals surface area (Å²) in [4.78, 5) is 8.47. The molecule has 2 fully saturated rings. The molecule has 9 heteroatoms. The van der Waals surface area contributed by atoms with Gasteiger partial charge in [-0.05, 0) is 31.0 Å². The van der Waals surface area contributed by atoms with Gasteiger partial charge in [-0.2, -0.15) is 24.9 Å². The molecule has 2 N–H and O–H groups in total. The third-order valence-electron chi connectivity index (χ3n) is 5.09. The summed E-state index contributed by atoms with van der Waals surface area (Å²) in [5.41, 5.74) is 2.36. The van der Waals surface area contributed by atoms with Gasteiger partial charge < -0.3 is 15.5 Å². The van der Waals surface area contributed by atoms with Crippen LogP contribution in [0.25, 0.3) is 0 Å². The average Bonchev–Trinajstić information content (AvgIpc) is 3.12. The number of thioether (sulfide) groups is 1. The maximum absolute atomic E-state index is 12.6. The van der Waals surface area contributed by atoms with E-state index in [0.29, 0.717) is 38.6 Å². The van der Waals surface area contributed by atoms with Gasteiger partial charge in [0.25, 0.3) is 0 Å². The van der Waals surface area contributed by atoms with Crippen LogP contribution >= 0.6 is 11.8 Å². The fraction of sp³-hybridized carbons (Fsp3) is 0.650. The second kappa shape index (κ2) is 10.4. The van der Waals surface area contributed by atoms with Crippen LogP contribution in [0.4, 0.5) is 18.9 Å². The lowest BCUT2D eigenvalue weighted by Crippen LogP contribution is -2.45.